The topological polar surface area (TPSA) is 35.5 Å². The second-order valence-corrected chi connectivity index (χ2v) is 4.42. The molecule has 1 atom stereocenters. The molecule has 0 spiro atoms. The fourth-order valence-electron chi connectivity index (χ4n) is 2.43. The van der Waals surface area contributed by atoms with E-state index in [1.54, 1.807) is 0 Å². The van der Waals surface area contributed by atoms with E-state index in [1.165, 1.54) is 12.1 Å². The number of rotatable bonds is 3. The lowest BCUT2D eigenvalue weighted by molar-refractivity contribution is 0.169. The second kappa shape index (κ2) is 6.92. The van der Waals surface area contributed by atoms with E-state index in [0.29, 0.717) is 0 Å². The van der Waals surface area contributed by atoms with Gasteiger partial charge in [-0.1, -0.05) is 13.0 Å². The van der Waals surface area contributed by atoms with E-state index in [9.17, 15) is 9.50 Å². The van der Waals surface area contributed by atoms with Gasteiger partial charge in [-0.3, -0.25) is 4.90 Å². The number of phenols is 1. The number of aromatic hydroxyl groups is 1. The van der Waals surface area contributed by atoms with E-state index < -0.39 is 5.82 Å². The number of nitrogens with zero attached hydrogens (tertiary/aromatic N) is 1. The van der Waals surface area contributed by atoms with Crippen LogP contribution in [0.3, 0.4) is 0 Å². The van der Waals surface area contributed by atoms with E-state index in [2.05, 4.69) is 17.1 Å². The van der Waals surface area contributed by atoms with Crippen molar-refractivity contribution in [2.45, 2.75) is 19.4 Å². The van der Waals surface area contributed by atoms with Crippen molar-refractivity contribution in [3.05, 3.63) is 29.6 Å². The van der Waals surface area contributed by atoms with Crippen molar-refractivity contribution in [2.24, 2.45) is 0 Å². The largest absolute Gasteiger partial charge is 0.505 e. The Bertz CT molecular complexity index is 383. The average molecular weight is 275 g/mol. The zero-order valence-electron chi connectivity index (χ0n) is 10.5. The van der Waals surface area contributed by atoms with Crippen molar-refractivity contribution in [2.75, 3.05) is 26.2 Å². The Morgan fingerprint density at radius 1 is 1.39 bits per heavy atom. The van der Waals surface area contributed by atoms with E-state index in [-0.39, 0.29) is 24.2 Å². The highest BCUT2D eigenvalue weighted by molar-refractivity contribution is 5.85. The number of phenolic OH excluding ortho intramolecular Hbond substituents is 1. The monoisotopic (exact) mass is 274 g/mol. The minimum Gasteiger partial charge on any atom is -0.505 e. The zero-order valence-corrected chi connectivity index (χ0v) is 11.3. The number of hydrogen-bond donors (Lipinski definition) is 2. The van der Waals surface area contributed by atoms with Crippen molar-refractivity contribution in [1.29, 1.82) is 0 Å². The highest BCUT2D eigenvalue weighted by Crippen LogP contribution is 2.27. The molecule has 0 saturated carbocycles. The maximum absolute atomic E-state index is 13.4. The first-order valence-electron chi connectivity index (χ1n) is 6.15. The lowest BCUT2D eigenvalue weighted by atomic mass is 10.0. The molecule has 1 aliphatic heterocycles. The summed E-state index contributed by atoms with van der Waals surface area (Å²) in [5.74, 6) is -0.806. The maximum Gasteiger partial charge on any atom is 0.165 e. The van der Waals surface area contributed by atoms with Gasteiger partial charge in [-0.2, -0.15) is 0 Å². The third-order valence-corrected chi connectivity index (χ3v) is 3.34. The molecule has 1 fully saturated rings. The van der Waals surface area contributed by atoms with Gasteiger partial charge < -0.3 is 10.4 Å². The third kappa shape index (κ3) is 3.34. The van der Waals surface area contributed by atoms with Crippen LogP contribution < -0.4 is 5.32 Å². The number of piperazine rings is 1. The smallest absolute Gasteiger partial charge is 0.165 e. The van der Waals surface area contributed by atoms with Crippen LogP contribution in [0.4, 0.5) is 4.39 Å². The van der Waals surface area contributed by atoms with Crippen LogP contribution >= 0.6 is 12.4 Å². The average Bonchev–Trinajstić information content (AvgIpc) is 2.36. The van der Waals surface area contributed by atoms with Gasteiger partial charge >= 0.3 is 0 Å². The highest BCUT2D eigenvalue weighted by Gasteiger charge is 2.21. The van der Waals surface area contributed by atoms with Gasteiger partial charge in [0, 0.05) is 32.2 Å². The van der Waals surface area contributed by atoms with Crippen molar-refractivity contribution in [3.8, 4) is 5.75 Å². The van der Waals surface area contributed by atoms with Crippen molar-refractivity contribution < 1.29 is 9.50 Å². The second-order valence-electron chi connectivity index (χ2n) is 4.42. The molecule has 1 heterocycles. The predicted octanol–water partition coefficient (Wildman–Crippen LogP) is 2.31. The number of hydrogen-bond acceptors (Lipinski definition) is 3. The summed E-state index contributed by atoms with van der Waals surface area (Å²) in [5, 5.41) is 12.5. The number of halogens is 2. The molecule has 1 saturated heterocycles. The summed E-state index contributed by atoms with van der Waals surface area (Å²) in [7, 11) is 0. The van der Waals surface area contributed by atoms with Gasteiger partial charge in [-0.25, -0.2) is 4.39 Å². The molecule has 0 aromatic heterocycles. The number of nitrogens with one attached hydrogen (secondary N) is 1. The van der Waals surface area contributed by atoms with Crippen LogP contribution in [0.2, 0.25) is 0 Å². The lowest BCUT2D eigenvalue weighted by Crippen LogP contribution is -2.45. The molecule has 0 unspecified atom stereocenters. The van der Waals surface area contributed by atoms with Crippen LogP contribution in [0.25, 0.3) is 0 Å². The first-order valence-corrected chi connectivity index (χ1v) is 6.15. The maximum atomic E-state index is 13.4. The molecule has 102 valence electrons. The van der Waals surface area contributed by atoms with Crippen LogP contribution in [0.15, 0.2) is 18.2 Å². The minimum absolute atomic E-state index is 0. The van der Waals surface area contributed by atoms with Gasteiger partial charge in [-0.15, -0.1) is 12.4 Å². The van der Waals surface area contributed by atoms with Crippen molar-refractivity contribution >= 4 is 12.4 Å². The Morgan fingerprint density at radius 2 is 2.06 bits per heavy atom. The fourth-order valence-corrected chi connectivity index (χ4v) is 2.43. The summed E-state index contributed by atoms with van der Waals surface area (Å²) in [6.45, 7) is 6.05. The first-order chi connectivity index (χ1) is 8.22. The summed E-state index contributed by atoms with van der Waals surface area (Å²) in [4.78, 5) is 2.36. The molecule has 0 aliphatic carbocycles. The Balaban J connectivity index is 0.00000162. The van der Waals surface area contributed by atoms with Gasteiger partial charge in [0.15, 0.2) is 11.6 Å². The van der Waals surface area contributed by atoms with Crippen LogP contribution in [-0.2, 0) is 0 Å². The van der Waals surface area contributed by atoms with Crippen molar-refractivity contribution in [1.82, 2.24) is 10.2 Å². The molecule has 1 aliphatic rings. The van der Waals surface area contributed by atoms with E-state index in [4.69, 9.17) is 0 Å². The molecular formula is C13H20ClFN2O. The Labute approximate surface area is 113 Å². The molecule has 1 aromatic rings. The molecule has 2 N–H and O–H groups in total. The van der Waals surface area contributed by atoms with Gasteiger partial charge in [0.1, 0.15) is 0 Å². The summed E-state index contributed by atoms with van der Waals surface area (Å²) in [6.07, 6.45) is 0.949. The summed E-state index contributed by atoms with van der Waals surface area (Å²) in [5.41, 5.74) is 0.949. The van der Waals surface area contributed by atoms with Gasteiger partial charge in [-0.05, 0) is 24.1 Å². The summed E-state index contributed by atoms with van der Waals surface area (Å²) < 4.78 is 13.4. The molecule has 0 amide bonds. The van der Waals surface area contributed by atoms with E-state index >= 15 is 0 Å². The molecule has 5 heteroatoms. The SMILES string of the molecule is CC[C@H](c1ccc(O)c(F)c1)N1CCNCC1.Cl. The molecular weight excluding hydrogens is 255 g/mol. The van der Waals surface area contributed by atoms with Crippen molar-refractivity contribution in [3.63, 3.8) is 0 Å². The minimum atomic E-state index is -0.531. The molecule has 0 bridgehead atoms. The Hall–Kier alpha value is -0.840. The van der Waals surface area contributed by atoms with Crippen LogP contribution in [-0.4, -0.2) is 36.2 Å². The van der Waals surface area contributed by atoms with Crippen LogP contribution in [0, 0.1) is 5.82 Å². The highest BCUT2D eigenvalue weighted by atomic mass is 35.5. The Kier molecular flexibility index (Phi) is 5.85. The van der Waals surface area contributed by atoms with E-state index in [0.717, 1.165) is 38.2 Å². The molecule has 18 heavy (non-hydrogen) atoms. The fraction of sp³-hybridized carbons (Fsp3) is 0.538. The Morgan fingerprint density at radius 3 is 2.61 bits per heavy atom. The zero-order chi connectivity index (χ0) is 12.3. The molecule has 3 nitrogen and oxygen atoms in total. The van der Waals surface area contributed by atoms with Gasteiger partial charge in [0.2, 0.25) is 0 Å². The predicted molar refractivity (Wildman–Crippen MR) is 72.8 cm³/mol. The molecule has 2 rings (SSSR count). The van der Waals surface area contributed by atoms with Gasteiger partial charge in [0.25, 0.3) is 0 Å². The standard InChI is InChI=1S/C13H19FN2O.ClH/c1-2-12(16-7-5-15-6-8-16)10-3-4-13(17)11(14)9-10;/h3-4,9,12,15,17H,2,5-8H2,1H3;1H/t12-;/m1./s1. The van der Waals surface area contributed by atoms with E-state index in [1.807, 2.05) is 6.07 Å². The summed E-state index contributed by atoms with van der Waals surface area (Å²) >= 11 is 0. The number of benzene rings is 1. The van der Waals surface area contributed by atoms with Gasteiger partial charge in [0.05, 0.1) is 0 Å². The molecule has 0 radical (unpaired) electrons. The summed E-state index contributed by atoms with van der Waals surface area (Å²) in [6, 6.07) is 4.95. The van der Waals surface area contributed by atoms with Crippen LogP contribution in [0.1, 0.15) is 24.9 Å². The normalized spacial score (nSPS) is 18.1. The third-order valence-electron chi connectivity index (χ3n) is 3.34. The molecule has 1 aromatic carbocycles. The quantitative estimate of drug-likeness (QED) is 0.888. The first kappa shape index (κ1) is 15.2. The lowest BCUT2D eigenvalue weighted by Gasteiger charge is -2.34. The van der Waals surface area contributed by atoms with Crippen LogP contribution in [0.5, 0.6) is 5.75 Å².